The fraction of sp³-hybridized carbons (Fsp3) is 0.455. The molecule has 0 spiro atoms. The maximum Gasteiger partial charge on any atom is 0.142 e. The number of nitrogens with zero attached hydrogens (tertiary/aromatic N) is 1. The zero-order chi connectivity index (χ0) is 19.2. The van der Waals surface area contributed by atoms with E-state index in [1.807, 2.05) is 6.07 Å². The van der Waals surface area contributed by atoms with Crippen molar-refractivity contribution in [1.82, 2.24) is 10.2 Å². The van der Waals surface area contributed by atoms with Gasteiger partial charge in [-0.05, 0) is 50.6 Å². The number of hydrogen-bond acceptors (Lipinski definition) is 3. The van der Waals surface area contributed by atoms with Crippen LogP contribution in [-0.4, -0.2) is 30.6 Å². The van der Waals surface area contributed by atoms with Crippen LogP contribution in [0.5, 0.6) is 5.75 Å². The predicted molar refractivity (Wildman–Crippen MR) is 114 cm³/mol. The van der Waals surface area contributed by atoms with Crippen LogP contribution in [0.3, 0.4) is 0 Å². The predicted octanol–water partition coefficient (Wildman–Crippen LogP) is 5.45. The summed E-state index contributed by atoms with van der Waals surface area (Å²) in [6.45, 7) is 8.77. The number of nitrogens with one attached hydrogen (secondary N) is 1. The maximum absolute atomic E-state index is 6.43. The molecule has 1 N–H and O–H groups in total. The van der Waals surface area contributed by atoms with Gasteiger partial charge in [0, 0.05) is 29.7 Å². The highest BCUT2D eigenvalue weighted by Gasteiger charge is 2.22. The Morgan fingerprint density at radius 2 is 1.96 bits per heavy atom. The van der Waals surface area contributed by atoms with Crippen LogP contribution in [0.2, 0.25) is 10.0 Å². The fourth-order valence-corrected chi connectivity index (χ4v) is 4.25. The molecular weight excluding hydrogens is 379 g/mol. The molecule has 3 nitrogen and oxygen atoms in total. The molecule has 1 saturated heterocycles. The summed E-state index contributed by atoms with van der Waals surface area (Å²) < 4.78 is 6.07. The second-order valence-electron chi connectivity index (χ2n) is 7.21. The Balaban J connectivity index is 1.64. The first-order valence-corrected chi connectivity index (χ1v) is 10.4. The Bertz CT molecular complexity index is 749. The van der Waals surface area contributed by atoms with Gasteiger partial charge in [-0.25, -0.2) is 0 Å². The minimum absolute atomic E-state index is 0.487. The molecule has 2 aromatic rings. The van der Waals surface area contributed by atoms with Crippen molar-refractivity contribution in [2.75, 3.05) is 19.6 Å². The van der Waals surface area contributed by atoms with Gasteiger partial charge in [0.05, 0.1) is 5.02 Å². The second-order valence-corrected chi connectivity index (χ2v) is 8.05. The molecule has 0 aliphatic carbocycles. The fourth-order valence-electron chi connectivity index (χ4n) is 3.66. The molecule has 0 aromatic heterocycles. The standard InChI is InChI=1S/C22H28Cl2N2O/c1-3-26-10-4-5-20(26)14-25-13-18-11-19(23)12-21(24)22(18)27-15-17-8-6-16(2)7-9-17/h6-9,11-12,20,25H,3-5,10,13-15H2,1-2H3. The molecule has 0 radical (unpaired) electrons. The summed E-state index contributed by atoms with van der Waals surface area (Å²) >= 11 is 12.7. The van der Waals surface area contributed by atoms with E-state index in [1.54, 1.807) is 6.07 Å². The van der Waals surface area contributed by atoms with Gasteiger partial charge < -0.3 is 10.1 Å². The monoisotopic (exact) mass is 406 g/mol. The zero-order valence-electron chi connectivity index (χ0n) is 16.1. The van der Waals surface area contributed by atoms with Crippen LogP contribution in [0.15, 0.2) is 36.4 Å². The van der Waals surface area contributed by atoms with Crippen molar-refractivity contribution < 1.29 is 4.74 Å². The van der Waals surface area contributed by atoms with E-state index in [2.05, 4.69) is 48.3 Å². The van der Waals surface area contributed by atoms with E-state index >= 15 is 0 Å². The van der Waals surface area contributed by atoms with Crippen LogP contribution in [0.1, 0.15) is 36.5 Å². The molecule has 0 amide bonds. The molecule has 1 heterocycles. The van der Waals surface area contributed by atoms with E-state index < -0.39 is 0 Å². The van der Waals surface area contributed by atoms with Crippen molar-refractivity contribution in [3.05, 3.63) is 63.1 Å². The molecule has 3 rings (SSSR count). The minimum Gasteiger partial charge on any atom is -0.487 e. The first-order chi connectivity index (χ1) is 13.1. The van der Waals surface area contributed by atoms with E-state index in [0.29, 0.717) is 35.0 Å². The molecule has 1 unspecified atom stereocenters. The third-order valence-electron chi connectivity index (χ3n) is 5.19. The normalized spacial score (nSPS) is 17.4. The number of hydrogen-bond donors (Lipinski definition) is 1. The summed E-state index contributed by atoms with van der Waals surface area (Å²) in [7, 11) is 0. The summed E-state index contributed by atoms with van der Waals surface area (Å²) in [5, 5.41) is 4.76. The average Bonchev–Trinajstić information content (AvgIpc) is 3.10. The van der Waals surface area contributed by atoms with Crippen LogP contribution in [0.4, 0.5) is 0 Å². The topological polar surface area (TPSA) is 24.5 Å². The number of likely N-dealkylation sites (tertiary alicyclic amines) is 1. The minimum atomic E-state index is 0.487. The van der Waals surface area contributed by atoms with Gasteiger partial charge in [-0.1, -0.05) is 60.0 Å². The molecule has 1 atom stereocenters. The highest BCUT2D eigenvalue weighted by molar-refractivity contribution is 6.35. The first-order valence-electron chi connectivity index (χ1n) is 9.68. The Labute approximate surface area is 172 Å². The molecule has 2 aromatic carbocycles. The smallest absolute Gasteiger partial charge is 0.142 e. The summed E-state index contributed by atoms with van der Waals surface area (Å²) in [6.07, 6.45) is 2.54. The molecule has 27 heavy (non-hydrogen) atoms. The molecule has 1 fully saturated rings. The number of ether oxygens (including phenoxy) is 1. The highest BCUT2D eigenvalue weighted by Crippen LogP contribution is 2.33. The van der Waals surface area contributed by atoms with Crippen molar-refractivity contribution in [2.24, 2.45) is 0 Å². The van der Waals surface area contributed by atoms with E-state index in [1.165, 1.54) is 24.9 Å². The summed E-state index contributed by atoms with van der Waals surface area (Å²) in [5.74, 6) is 0.716. The molecule has 1 aliphatic rings. The van der Waals surface area contributed by atoms with Crippen LogP contribution < -0.4 is 10.1 Å². The molecule has 1 aliphatic heterocycles. The number of halogens is 2. The third-order valence-corrected chi connectivity index (χ3v) is 5.69. The molecular formula is C22H28Cl2N2O. The molecule has 146 valence electrons. The lowest BCUT2D eigenvalue weighted by atomic mass is 10.1. The second kappa shape index (κ2) is 9.79. The Morgan fingerprint density at radius 3 is 2.70 bits per heavy atom. The van der Waals surface area contributed by atoms with Crippen LogP contribution >= 0.6 is 23.2 Å². The lowest BCUT2D eigenvalue weighted by molar-refractivity contribution is 0.259. The van der Waals surface area contributed by atoms with Crippen molar-refractivity contribution in [1.29, 1.82) is 0 Å². The Kier molecular flexibility index (Phi) is 7.42. The van der Waals surface area contributed by atoms with Crippen LogP contribution in [0.25, 0.3) is 0 Å². The largest absolute Gasteiger partial charge is 0.487 e. The molecule has 0 saturated carbocycles. The summed E-state index contributed by atoms with van der Waals surface area (Å²) in [5.41, 5.74) is 3.36. The average molecular weight is 407 g/mol. The summed E-state index contributed by atoms with van der Waals surface area (Å²) in [4.78, 5) is 2.53. The van der Waals surface area contributed by atoms with Gasteiger partial charge in [0.2, 0.25) is 0 Å². The van der Waals surface area contributed by atoms with Crippen LogP contribution in [0, 0.1) is 6.92 Å². The maximum atomic E-state index is 6.43. The van der Waals surface area contributed by atoms with Gasteiger partial charge in [0.25, 0.3) is 0 Å². The SMILES string of the molecule is CCN1CCCC1CNCc1cc(Cl)cc(Cl)c1OCc1ccc(C)cc1. The number of aryl methyl sites for hydroxylation is 1. The van der Waals surface area contributed by atoms with E-state index in [4.69, 9.17) is 27.9 Å². The lowest BCUT2D eigenvalue weighted by Crippen LogP contribution is -2.37. The number of rotatable bonds is 8. The third kappa shape index (κ3) is 5.61. The number of benzene rings is 2. The van der Waals surface area contributed by atoms with Crippen molar-refractivity contribution >= 4 is 23.2 Å². The lowest BCUT2D eigenvalue weighted by Gasteiger charge is -2.23. The van der Waals surface area contributed by atoms with Crippen molar-refractivity contribution in [3.63, 3.8) is 0 Å². The van der Waals surface area contributed by atoms with E-state index in [0.717, 1.165) is 24.2 Å². The van der Waals surface area contributed by atoms with Gasteiger partial charge in [-0.2, -0.15) is 0 Å². The van der Waals surface area contributed by atoms with Gasteiger partial charge in [0.1, 0.15) is 12.4 Å². The zero-order valence-corrected chi connectivity index (χ0v) is 17.6. The Hall–Kier alpha value is -1.26. The van der Waals surface area contributed by atoms with Crippen LogP contribution in [-0.2, 0) is 13.2 Å². The first kappa shape index (κ1) is 20.5. The van der Waals surface area contributed by atoms with Gasteiger partial charge in [0.15, 0.2) is 0 Å². The van der Waals surface area contributed by atoms with E-state index in [9.17, 15) is 0 Å². The summed E-state index contributed by atoms with van der Waals surface area (Å²) in [6, 6.07) is 12.6. The van der Waals surface area contributed by atoms with Gasteiger partial charge in [-0.15, -0.1) is 0 Å². The van der Waals surface area contributed by atoms with Crippen molar-refractivity contribution in [2.45, 2.75) is 45.9 Å². The van der Waals surface area contributed by atoms with Gasteiger partial charge in [-0.3, -0.25) is 4.90 Å². The Morgan fingerprint density at radius 1 is 1.19 bits per heavy atom. The van der Waals surface area contributed by atoms with Crippen molar-refractivity contribution in [3.8, 4) is 5.75 Å². The highest BCUT2D eigenvalue weighted by atomic mass is 35.5. The van der Waals surface area contributed by atoms with E-state index in [-0.39, 0.29) is 0 Å². The molecule has 0 bridgehead atoms. The quantitative estimate of drug-likeness (QED) is 0.629. The number of likely N-dealkylation sites (N-methyl/N-ethyl adjacent to an activating group) is 1. The molecule has 5 heteroatoms. The van der Waals surface area contributed by atoms with Gasteiger partial charge >= 0.3 is 0 Å².